The minimum atomic E-state index is -3.89. The van der Waals surface area contributed by atoms with E-state index in [1.807, 2.05) is 51.1 Å². The molecule has 2 rings (SSSR count). The molecule has 33 heavy (non-hydrogen) atoms. The molecule has 1 N–H and O–H groups in total. The second kappa shape index (κ2) is 10.8. The normalized spacial score (nSPS) is 12.7. The molecule has 0 aliphatic carbocycles. The zero-order valence-corrected chi connectivity index (χ0v) is 21.6. The van der Waals surface area contributed by atoms with Gasteiger partial charge in [0.2, 0.25) is 21.8 Å². The molecule has 0 saturated carbocycles. The van der Waals surface area contributed by atoms with Crippen LogP contribution in [-0.2, 0) is 26.2 Å². The quantitative estimate of drug-likeness (QED) is 0.575. The molecule has 0 heterocycles. The van der Waals surface area contributed by atoms with E-state index >= 15 is 0 Å². The highest BCUT2D eigenvalue weighted by Crippen LogP contribution is 2.33. The van der Waals surface area contributed by atoms with Gasteiger partial charge in [0.1, 0.15) is 12.6 Å². The molecule has 2 aromatic carbocycles. The predicted molar refractivity (Wildman–Crippen MR) is 133 cm³/mol. The first kappa shape index (κ1) is 27.0. The molecule has 0 aromatic heterocycles. The van der Waals surface area contributed by atoms with Crippen molar-refractivity contribution in [2.24, 2.45) is 0 Å². The van der Waals surface area contributed by atoms with Crippen LogP contribution in [0.25, 0.3) is 0 Å². The van der Waals surface area contributed by atoms with Crippen LogP contribution < -0.4 is 9.62 Å². The molecule has 0 unspecified atom stereocenters. The third kappa shape index (κ3) is 7.62. The molecule has 0 aliphatic heterocycles. The smallest absolute Gasteiger partial charge is 0.244 e. The number of nitrogens with one attached hydrogen (secondary N) is 1. The predicted octanol–water partition coefficient (Wildman–Crippen LogP) is 4.09. The lowest BCUT2D eigenvalue weighted by atomic mass is 10.1. The molecule has 0 saturated heterocycles. The van der Waals surface area contributed by atoms with Crippen LogP contribution in [-0.4, -0.2) is 49.5 Å². The molecule has 2 aromatic rings. The highest BCUT2D eigenvalue weighted by molar-refractivity contribution is 7.92. The lowest BCUT2D eigenvalue weighted by Gasteiger charge is -2.33. The van der Waals surface area contributed by atoms with Crippen LogP contribution in [0.5, 0.6) is 0 Å². The van der Waals surface area contributed by atoms with Crippen LogP contribution in [0.4, 0.5) is 5.69 Å². The second-order valence-corrected chi connectivity index (χ2v) is 11.5. The molecule has 0 fully saturated rings. The van der Waals surface area contributed by atoms with Crippen LogP contribution in [0.2, 0.25) is 10.0 Å². The standard InChI is InChI=1S/C23H29Cl2N3O4S/c1-16(22(30)26-23(2,3)4)27(14-17-10-7-6-8-11-17)20(29)15-28(33(5,31)32)19-13-9-12-18(24)21(19)25/h6-13,16H,14-15H2,1-5H3,(H,26,30)/t16-/m0/s1. The molecule has 0 spiro atoms. The molecule has 0 bridgehead atoms. The van der Waals surface area contributed by atoms with Crippen molar-refractivity contribution in [1.82, 2.24) is 10.2 Å². The summed E-state index contributed by atoms with van der Waals surface area (Å²) in [6.07, 6.45) is 0.981. The van der Waals surface area contributed by atoms with Crippen molar-refractivity contribution in [3.8, 4) is 0 Å². The second-order valence-electron chi connectivity index (χ2n) is 8.77. The van der Waals surface area contributed by atoms with E-state index < -0.39 is 34.1 Å². The Morgan fingerprint density at radius 2 is 1.64 bits per heavy atom. The van der Waals surface area contributed by atoms with Crippen molar-refractivity contribution in [3.63, 3.8) is 0 Å². The maximum atomic E-state index is 13.4. The third-order valence-corrected chi connectivity index (χ3v) is 6.68. The fourth-order valence-electron chi connectivity index (χ4n) is 3.12. The largest absolute Gasteiger partial charge is 0.350 e. The van der Waals surface area contributed by atoms with Gasteiger partial charge in [0.25, 0.3) is 0 Å². The highest BCUT2D eigenvalue weighted by Gasteiger charge is 2.32. The fraction of sp³-hybridized carbons (Fsp3) is 0.391. The summed E-state index contributed by atoms with van der Waals surface area (Å²) in [4.78, 5) is 27.7. The third-order valence-electron chi connectivity index (χ3n) is 4.74. The molecule has 7 nitrogen and oxygen atoms in total. The van der Waals surface area contributed by atoms with Gasteiger partial charge in [-0.1, -0.05) is 59.6 Å². The van der Waals surface area contributed by atoms with Crippen molar-refractivity contribution < 1.29 is 18.0 Å². The molecular weight excluding hydrogens is 485 g/mol. The minimum absolute atomic E-state index is 0.0190. The van der Waals surface area contributed by atoms with E-state index in [-0.39, 0.29) is 28.2 Å². The summed E-state index contributed by atoms with van der Waals surface area (Å²) in [5, 5.41) is 3.05. The van der Waals surface area contributed by atoms with Crippen molar-refractivity contribution in [2.45, 2.75) is 45.8 Å². The topological polar surface area (TPSA) is 86.8 Å². The molecule has 0 radical (unpaired) electrons. The lowest BCUT2D eigenvalue weighted by molar-refractivity contribution is -0.140. The molecule has 1 atom stereocenters. The maximum Gasteiger partial charge on any atom is 0.244 e. The fourth-order valence-corrected chi connectivity index (χ4v) is 4.42. The zero-order chi connectivity index (χ0) is 25.0. The van der Waals surface area contributed by atoms with Crippen LogP contribution >= 0.6 is 23.2 Å². The Bertz CT molecular complexity index is 1100. The van der Waals surface area contributed by atoms with Gasteiger partial charge in [0.05, 0.1) is 22.0 Å². The minimum Gasteiger partial charge on any atom is -0.350 e. The molecule has 10 heteroatoms. The van der Waals surface area contributed by atoms with E-state index in [9.17, 15) is 18.0 Å². The maximum absolute atomic E-state index is 13.4. The van der Waals surface area contributed by atoms with Gasteiger partial charge in [-0.3, -0.25) is 13.9 Å². The van der Waals surface area contributed by atoms with Gasteiger partial charge in [0, 0.05) is 12.1 Å². The Kier molecular flexibility index (Phi) is 8.79. The summed E-state index contributed by atoms with van der Waals surface area (Å²) in [5.41, 5.74) is 0.388. The van der Waals surface area contributed by atoms with Gasteiger partial charge >= 0.3 is 0 Å². The SMILES string of the molecule is C[C@@H](C(=O)NC(C)(C)C)N(Cc1ccccc1)C(=O)CN(c1cccc(Cl)c1Cl)S(C)(=O)=O. The summed E-state index contributed by atoms with van der Waals surface area (Å²) >= 11 is 12.3. The lowest BCUT2D eigenvalue weighted by Crippen LogP contribution is -2.54. The Hall–Kier alpha value is -2.29. The average molecular weight is 514 g/mol. The summed E-state index contributed by atoms with van der Waals surface area (Å²) in [5.74, 6) is -0.907. The Morgan fingerprint density at radius 1 is 1.03 bits per heavy atom. The van der Waals surface area contributed by atoms with Crippen LogP contribution in [0.3, 0.4) is 0 Å². The number of carbonyl (C=O) groups excluding carboxylic acids is 2. The van der Waals surface area contributed by atoms with Gasteiger partial charge in [-0.15, -0.1) is 0 Å². The molecular formula is C23H29Cl2N3O4S. The van der Waals surface area contributed by atoms with Crippen molar-refractivity contribution in [2.75, 3.05) is 17.1 Å². The number of sulfonamides is 1. The number of amides is 2. The van der Waals surface area contributed by atoms with Crippen LogP contribution in [0.15, 0.2) is 48.5 Å². The van der Waals surface area contributed by atoms with E-state index in [1.54, 1.807) is 13.0 Å². The monoisotopic (exact) mass is 513 g/mol. The van der Waals surface area contributed by atoms with E-state index in [2.05, 4.69) is 5.32 Å². The first-order chi connectivity index (χ1) is 15.2. The van der Waals surface area contributed by atoms with Gasteiger partial charge in [-0.05, 0) is 45.4 Å². The van der Waals surface area contributed by atoms with Crippen molar-refractivity contribution in [1.29, 1.82) is 0 Å². The number of anilines is 1. The van der Waals surface area contributed by atoms with E-state index in [4.69, 9.17) is 23.2 Å². The zero-order valence-electron chi connectivity index (χ0n) is 19.3. The van der Waals surface area contributed by atoms with Gasteiger partial charge < -0.3 is 10.2 Å². The Balaban J connectivity index is 2.42. The number of hydrogen-bond acceptors (Lipinski definition) is 4. The van der Waals surface area contributed by atoms with E-state index in [1.165, 1.54) is 17.0 Å². The highest BCUT2D eigenvalue weighted by atomic mass is 35.5. The molecule has 180 valence electrons. The summed E-state index contributed by atoms with van der Waals surface area (Å²) in [7, 11) is -3.89. The van der Waals surface area contributed by atoms with Gasteiger partial charge in [-0.2, -0.15) is 0 Å². The number of rotatable bonds is 8. The average Bonchev–Trinajstić information content (AvgIpc) is 2.70. The Morgan fingerprint density at radius 3 is 2.18 bits per heavy atom. The Labute approximate surface area is 205 Å². The van der Waals surface area contributed by atoms with Crippen LogP contribution in [0.1, 0.15) is 33.3 Å². The number of benzene rings is 2. The van der Waals surface area contributed by atoms with Crippen molar-refractivity contribution in [3.05, 3.63) is 64.1 Å². The number of carbonyl (C=O) groups is 2. The number of nitrogens with zero attached hydrogens (tertiary/aromatic N) is 2. The van der Waals surface area contributed by atoms with E-state index in [0.717, 1.165) is 16.1 Å². The number of hydrogen-bond donors (Lipinski definition) is 1. The van der Waals surface area contributed by atoms with E-state index in [0.29, 0.717) is 0 Å². The summed E-state index contributed by atoms with van der Waals surface area (Å²) < 4.78 is 26.1. The summed E-state index contributed by atoms with van der Waals surface area (Å²) in [6.45, 7) is 6.71. The van der Waals surface area contributed by atoms with Gasteiger partial charge in [-0.25, -0.2) is 8.42 Å². The van der Waals surface area contributed by atoms with Crippen LogP contribution in [0, 0.1) is 0 Å². The first-order valence-corrected chi connectivity index (χ1v) is 12.9. The molecule has 2 amide bonds. The van der Waals surface area contributed by atoms with Crippen molar-refractivity contribution >= 4 is 50.7 Å². The number of halogens is 2. The van der Waals surface area contributed by atoms with Gasteiger partial charge in [0.15, 0.2) is 0 Å². The first-order valence-electron chi connectivity index (χ1n) is 10.3. The summed E-state index contributed by atoms with van der Waals surface area (Å²) in [6, 6.07) is 12.8. The molecule has 0 aliphatic rings.